The third-order valence-corrected chi connectivity index (χ3v) is 4.34. The van der Waals surface area contributed by atoms with Crippen LogP contribution in [-0.2, 0) is 6.18 Å². The largest absolute Gasteiger partial charge is 0.424 e. The van der Waals surface area contributed by atoms with Crippen LogP contribution in [0.15, 0.2) is 59.3 Å². The van der Waals surface area contributed by atoms with E-state index in [-0.39, 0.29) is 11.6 Å². The van der Waals surface area contributed by atoms with Crippen LogP contribution in [0.1, 0.15) is 21.5 Å². The molecule has 0 spiro atoms. The second-order valence-electron chi connectivity index (χ2n) is 6.25. The van der Waals surface area contributed by atoms with Gasteiger partial charge in [0.2, 0.25) is 0 Å². The van der Waals surface area contributed by atoms with Crippen LogP contribution in [-0.4, -0.2) is 21.9 Å². The number of benzene rings is 2. The quantitative estimate of drug-likeness (QED) is 0.511. The molecule has 7 nitrogen and oxygen atoms in total. The van der Waals surface area contributed by atoms with Gasteiger partial charge in [0.25, 0.3) is 5.91 Å². The number of halogens is 4. The molecule has 0 aliphatic rings. The number of aryl methyl sites for hydroxylation is 1. The fraction of sp³-hybridized carbons (Fsp3) is 0.100. The van der Waals surface area contributed by atoms with E-state index < -0.39 is 23.7 Å². The Balaban J connectivity index is 1.60. The number of imide groups is 1. The van der Waals surface area contributed by atoms with Gasteiger partial charge in [-0.2, -0.15) is 13.2 Å². The molecule has 0 saturated carbocycles. The molecule has 31 heavy (non-hydrogen) atoms. The van der Waals surface area contributed by atoms with Gasteiger partial charge in [-0.15, -0.1) is 0 Å². The van der Waals surface area contributed by atoms with Gasteiger partial charge in [0.05, 0.1) is 10.0 Å². The van der Waals surface area contributed by atoms with E-state index in [1.807, 2.05) is 0 Å². The number of hydrogen-bond acceptors (Lipinski definition) is 5. The first kappa shape index (κ1) is 22.2. The van der Waals surface area contributed by atoms with Crippen molar-refractivity contribution in [2.45, 2.75) is 13.1 Å². The lowest BCUT2D eigenvalue weighted by Gasteiger charge is -2.11. The number of rotatable bonds is 4. The summed E-state index contributed by atoms with van der Waals surface area (Å²) in [4.78, 5) is 32.1. The van der Waals surface area contributed by atoms with Crippen LogP contribution in [0.4, 0.5) is 23.7 Å². The molecule has 3 rings (SSSR count). The maximum atomic E-state index is 12.6. The SMILES string of the molecule is Cc1cc(NC(=O)NC(=O)c2ccc(C(F)(F)F)cc2)ccc1Oc1ncc(Br)cn1. The van der Waals surface area contributed by atoms with Gasteiger partial charge >= 0.3 is 18.2 Å². The predicted octanol–water partition coefficient (Wildman–Crippen LogP) is 5.32. The zero-order valence-electron chi connectivity index (χ0n) is 15.8. The highest BCUT2D eigenvalue weighted by Gasteiger charge is 2.30. The predicted molar refractivity (Wildman–Crippen MR) is 109 cm³/mol. The van der Waals surface area contributed by atoms with Gasteiger partial charge in [-0.25, -0.2) is 14.8 Å². The molecule has 0 saturated heterocycles. The first-order valence-electron chi connectivity index (χ1n) is 8.67. The average Bonchev–Trinajstić information content (AvgIpc) is 2.71. The number of hydrogen-bond donors (Lipinski definition) is 2. The molecule has 1 aromatic heterocycles. The van der Waals surface area contributed by atoms with E-state index in [1.165, 1.54) is 12.4 Å². The first-order chi connectivity index (χ1) is 14.6. The number of amides is 3. The number of carbonyl (C=O) groups excluding carboxylic acids is 2. The number of urea groups is 1. The van der Waals surface area contributed by atoms with Crippen LogP contribution in [0, 0.1) is 6.92 Å². The molecule has 0 fully saturated rings. The van der Waals surface area contributed by atoms with E-state index in [0.29, 0.717) is 21.5 Å². The molecule has 0 aliphatic heterocycles. The summed E-state index contributed by atoms with van der Waals surface area (Å²) >= 11 is 3.22. The number of nitrogens with one attached hydrogen (secondary N) is 2. The van der Waals surface area contributed by atoms with Crippen molar-refractivity contribution < 1.29 is 27.5 Å². The maximum absolute atomic E-state index is 12.6. The molecule has 0 radical (unpaired) electrons. The van der Waals surface area contributed by atoms with Crippen molar-refractivity contribution in [2.75, 3.05) is 5.32 Å². The number of anilines is 1. The average molecular weight is 495 g/mol. The van der Waals surface area contributed by atoms with Crippen LogP contribution in [0.5, 0.6) is 11.8 Å². The normalized spacial score (nSPS) is 11.0. The summed E-state index contributed by atoms with van der Waals surface area (Å²) in [6.45, 7) is 1.74. The van der Waals surface area contributed by atoms with Crippen molar-refractivity contribution in [3.8, 4) is 11.8 Å². The molecule has 0 bridgehead atoms. The van der Waals surface area contributed by atoms with Crippen molar-refractivity contribution in [3.63, 3.8) is 0 Å². The Bertz CT molecular complexity index is 1100. The molecule has 0 aliphatic carbocycles. The van der Waals surface area contributed by atoms with E-state index in [4.69, 9.17) is 4.74 Å². The van der Waals surface area contributed by atoms with Gasteiger partial charge in [-0.1, -0.05) is 0 Å². The monoisotopic (exact) mass is 494 g/mol. The summed E-state index contributed by atoms with van der Waals surface area (Å²) in [5.41, 5.74) is 0.0649. The number of nitrogens with zero attached hydrogens (tertiary/aromatic N) is 2. The molecular formula is C20H14BrF3N4O3. The van der Waals surface area contributed by atoms with E-state index in [9.17, 15) is 22.8 Å². The lowest BCUT2D eigenvalue weighted by atomic mass is 10.1. The summed E-state index contributed by atoms with van der Waals surface area (Å²) in [6, 6.07) is 7.57. The fourth-order valence-electron chi connectivity index (χ4n) is 2.44. The van der Waals surface area contributed by atoms with Gasteiger partial charge in [-0.05, 0) is 70.9 Å². The van der Waals surface area contributed by atoms with Crippen LogP contribution < -0.4 is 15.4 Å². The Morgan fingerprint density at radius 1 is 1.03 bits per heavy atom. The zero-order valence-corrected chi connectivity index (χ0v) is 17.4. The Kier molecular flexibility index (Phi) is 6.54. The van der Waals surface area contributed by atoms with E-state index in [2.05, 4.69) is 36.5 Å². The third-order valence-electron chi connectivity index (χ3n) is 3.93. The maximum Gasteiger partial charge on any atom is 0.416 e. The summed E-state index contributed by atoms with van der Waals surface area (Å²) in [5, 5.41) is 4.53. The molecule has 3 amide bonds. The van der Waals surface area contributed by atoms with Crippen LogP contribution in [0.3, 0.4) is 0 Å². The van der Waals surface area contributed by atoms with E-state index in [0.717, 1.165) is 24.3 Å². The van der Waals surface area contributed by atoms with Crippen LogP contribution >= 0.6 is 15.9 Å². The number of aromatic nitrogens is 2. The van der Waals surface area contributed by atoms with Crippen molar-refractivity contribution in [1.82, 2.24) is 15.3 Å². The fourth-order valence-corrected chi connectivity index (χ4v) is 2.65. The lowest BCUT2D eigenvalue weighted by molar-refractivity contribution is -0.137. The zero-order chi connectivity index (χ0) is 22.6. The summed E-state index contributed by atoms with van der Waals surface area (Å²) in [6.07, 6.45) is -1.44. The van der Waals surface area contributed by atoms with Gasteiger partial charge in [0.15, 0.2) is 0 Å². The second kappa shape index (κ2) is 9.13. The molecule has 0 unspecified atom stereocenters. The molecular weight excluding hydrogens is 481 g/mol. The smallest absolute Gasteiger partial charge is 0.416 e. The Morgan fingerprint density at radius 2 is 1.68 bits per heavy atom. The van der Waals surface area contributed by atoms with Crippen LogP contribution in [0.2, 0.25) is 0 Å². The molecule has 1 heterocycles. The van der Waals surface area contributed by atoms with Crippen molar-refractivity contribution in [2.24, 2.45) is 0 Å². The number of alkyl halides is 3. The van der Waals surface area contributed by atoms with Gasteiger partial charge in [-0.3, -0.25) is 10.1 Å². The molecule has 2 N–H and O–H groups in total. The molecule has 160 valence electrons. The number of carbonyl (C=O) groups is 2. The Morgan fingerprint density at radius 3 is 2.26 bits per heavy atom. The van der Waals surface area contributed by atoms with Gasteiger partial charge in [0.1, 0.15) is 5.75 Å². The van der Waals surface area contributed by atoms with Gasteiger partial charge < -0.3 is 10.1 Å². The minimum absolute atomic E-state index is 0.0856. The van der Waals surface area contributed by atoms with E-state index >= 15 is 0 Å². The van der Waals surface area contributed by atoms with Crippen molar-refractivity contribution >= 4 is 33.6 Å². The lowest BCUT2D eigenvalue weighted by Crippen LogP contribution is -2.34. The van der Waals surface area contributed by atoms with Crippen LogP contribution in [0.25, 0.3) is 0 Å². The highest BCUT2D eigenvalue weighted by Crippen LogP contribution is 2.29. The van der Waals surface area contributed by atoms with E-state index in [1.54, 1.807) is 25.1 Å². The topological polar surface area (TPSA) is 93.2 Å². The molecule has 3 aromatic rings. The first-order valence-corrected chi connectivity index (χ1v) is 9.47. The minimum Gasteiger partial charge on any atom is -0.424 e. The molecule has 2 aromatic carbocycles. The number of ether oxygens (including phenoxy) is 1. The summed E-state index contributed by atoms with van der Waals surface area (Å²) < 4.78 is 44.0. The highest BCUT2D eigenvalue weighted by atomic mass is 79.9. The molecule has 0 atom stereocenters. The Hall–Kier alpha value is -3.47. The van der Waals surface area contributed by atoms with Gasteiger partial charge in [0, 0.05) is 23.6 Å². The molecule has 11 heteroatoms. The summed E-state index contributed by atoms with van der Waals surface area (Å²) in [5.74, 6) is -0.371. The highest BCUT2D eigenvalue weighted by molar-refractivity contribution is 9.10. The minimum atomic E-state index is -4.51. The summed E-state index contributed by atoms with van der Waals surface area (Å²) in [7, 11) is 0. The Labute approximate surface area is 182 Å². The second-order valence-corrected chi connectivity index (χ2v) is 7.17. The standard InChI is InChI=1S/C20H14BrF3N4O3/c1-11-8-15(6-7-16(11)31-19-25-9-14(21)10-26-19)27-18(30)28-17(29)12-2-4-13(5-3-12)20(22,23)24/h2-10H,1H3,(H2,27,28,29,30). The third kappa shape index (κ3) is 6.01. The van der Waals surface area contributed by atoms with Crippen molar-refractivity contribution in [1.29, 1.82) is 0 Å². The van der Waals surface area contributed by atoms with Crippen molar-refractivity contribution in [3.05, 3.63) is 76.0 Å².